The molecule has 0 unspecified atom stereocenters. The molecule has 0 aliphatic heterocycles. The maximum absolute atomic E-state index is 13.1. The average molecular weight is 298 g/mol. The van der Waals surface area contributed by atoms with Crippen LogP contribution in [-0.4, -0.2) is 18.4 Å². The van der Waals surface area contributed by atoms with Crippen molar-refractivity contribution in [2.45, 2.75) is 33.6 Å². The van der Waals surface area contributed by atoms with E-state index in [1.165, 1.54) is 19.9 Å². The van der Waals surface area contributed by atoms with E-state index in [0.29, 0.717) is 6.54 Å². The Bertz CT molecular complexity index is 530. The van der Waals surface area contributed by atoms with Crippen LogP contribution in [0.4, 0.5) is 14.5 Å². The molecule has 2 amide bonds. The fourth-order valence-electron chi connectivity index (χ4n) is 1.56. The first kappa shape index (κ1) is 17.1. The van der Waals surface area contributed by atoms with Gasteiger partial charge in [-0.25, -0.2) is 8.78 Å². The number of amides is 2. The molecule has 21 heavy (non-hydrogen) atoms. The molecule has 0 saturated carbocycles. The van der Waals surface area contributed by atoms with Crippen LogP contribution < -0.4 is 10.6 Å². The number of unbranched alkanes of at least 4 members (excludes halogenated alkanes) is 1. The number of halogens is 2. The number of carbonyl (C=O) groups is 2. The molecular formula is C15H20F2N2O2. The summed E-state index contributed by atoms with van der Waals surface area (Å²) in [5, 5.41) is 5.09. The van der Waals surface area contributed by atoms with E-state index in [-0.39, 0.29) is 5.69 Å². The lowest BCUT2D eigenvalue weighted by Crippen LogP contribution is -2.45. The molecule has 0 radical (unpaired) electrons. The van der Waals surface area contributed by atoms with E-state index in [1.54, 1.807) is 0 Å². The van der Waals surface area contributed by atoms with Gasteiger partial charge in [-0.3, -0.25) is 9.59 Å². The number of carbonyl (C=O) groups excluding carboxylic acids is 2. The first-order chi connectivity index (χ1) is 9.78. The Morgan fingerprint density at radius 1 is 1.14 bits per heavy atom. The van der Waals surface area contributed by atoms with Crippen LogP contribution in [0.25, 0.3) is 0 Å². The monoisotopic (exact) mass is 298 g/mol. The van der Waals surface area contributed by atoms with Crippen molar-refractivity contribution in [1.82, 2.24) is 5.32 Å². The number of rotatable bonds is 6. The van der Waals surface area contributed by atoms with Crippen molar-refractivity contribution in [2.24, 2.45) is 5.41 Å². The first-order valence-electron chi connectivity index (χ1n) is 6.83. The molecule has 0 bridgehead atoms. The van der Waals surface area contributed by atoms with Crippen LogP contribution in [0.5, 0.6) is 0 Å². The van der Waals surface area contributed by atoms with Crippen molar-refractivity contribution < 1.29 is 18.4 Å². The molecular weight excluding hydrogens is 278 g/mol. The van der Waals surface area contributed by atoms with Crippen LogP contribution >= 0.6 is 0 Å². The van der Waals surface area contributed by atoms with E-state index >= 15 is 0 Å². The largest absolute Gasteiger partial charge is 0.355 e. The summed E-state index contributed by atoms with van der Waals surface area (Å²) >= 11 is 0. The van der Waals surface area contributed by atoms with Crippen LogP contribution in [0, 0.1) is 17.0 Å². The maximum atomic E-state index is 13.1. The van der Waals surface area contributed by atoms with E-state index in [0.717, 1.165) is 25.0 Å². The molecule has 2 N–H and O–H groups in total. The number of nitrogens with one attached hydrogen (secondary N) is 2. The number of hydrogen-bond donors (Lipinski definition) is 2. The van der Waals surface area contributed by atoms with Gasteiger partial charge in [-0.2, -0.15) is 0 Å². The van der Waals surface area contributed by atoms with Gasteiger partial charge in [-0.1, -0.05) is 13.3 Å². The minimum absolute atomic E-state index is 0.105. The Morgan fingerprint density at radius 3 is 2.38 bits per heavy atom. The number of hydrogen-bond acceptors (Lipinski definition) is 2. The van der Waals surface area contributed by atoms with E-state index in [2.05, 4.69) is 10.6 Å². The van der Waals surface area contributed by atoms with Gasteiger partial charge in [0.15, 0.2) is 11.6 Å². The molecule has 1 aromatic carbocycles. The Morgan fingerprint density at radius 2 is 1.81 bits per heavy atom. The van der Waals surface area contributed by atoms with E-state index in [9.17, 15) is 18.4 Å². The van der Waals surface area contributed by atoms with Gasteiger partial charge in [0.05, 0.1) is 0 Å². The van der Waals surface area contributed by atoms with Gasteiger partial charge in [0.1, 0.15) is 5.41 Å². The molecule has 0 heterocycles. The van der Waals surface area contributed by atoms with Crippen molar-refractivity contribution in [1.29, 1.82) is 0 Å². The first-order valence-corrected chi connectivity index (χ1v) is 6.83. The molecule has 0 spiro atoms. The van der Waals surface area contributed by atoms with Gasteiger partial charge >= 0.3 is 0 Å². The Balaban J connectivity index is 2.71. The molecule has 4 nitrogen and oxygen atoms in total. The molecule has 1 rings (SSSR count). The smallest absolute Gasteiger partial charge is 0.239 e. The summed E-state index contributed by atoms with van der Waals surface area (Å²) in [7, 11) is 0. The SMILES string of the molecule is CCCCNC(=O)C(C)(C)C(=O)Nc1ccc(F)c(F)c1. The second-order valence-electron chi connectivity index (χ2n) is 5.32. The minimum Gasteiger partial charge on any atom is -0.355 e. The van der Waals surface area contributed by atoms with Crippen LogP contribution in [0.1, 0.15) is 33.6 Å². The zero-order valence-electron chi connectivity index (χ0n) is 12.4. The van der Waals surface area contributed by atoms with Gasteiger partial charge in [0.25, 0.3) is 0 Å². The predicted molar refractivity (Wildman–Crippen MR) is 76.7 cm³/mol. The predicted octanol–water partition coefficient (Wildman–Crippen LogP) is 2.85. The minimum atomic E-state index is -1.31. The Kier molecular flexibility index (Phi) is 5.81. The summed E-state index contributed by atoms with van der Waals surface area (Å²) in [5.74, 6) is -3.04. The van der Waals surface area contributed by atoms with Crippen molar-refractivity contribution >= 4 is 17.5 Å². The summed E-state index contributed by atoms with van der Waals surface area (Å²) in [6.45, 7) is 5.44. The fraction of sp³-hybridized carbons (Fsp3) is 0.467. The fourth-order valence-corrected chi connectivity index (χ4v) is 1.56. The highest BCUT2D eigenvalue weighted by molar-refractivity contribution is 6.09. The van der Waals surface area contributed by atoms with Gasteiger partial charge in [-0.05, 0) is 32.4 Å². The number of benzene rings is 1. The van der Waals surface area contributed by atoms with Gasteiger partial charge in [0, 0.05) is 18.3 Å². The Hall–Kier alpha value is -1.98. The van der Waals surface area contributed by atoms with Gasteiger partial charge in [-0.15, -0.1) is 0 Å². The van der Waals surface area contributed by atoms with Gasteiger partial charge in [0.2, 0.25) is 11.8 Å². The third-order valence-electron chi connectivity index (χ3n) is 3.13. The summed E-state index contributed by atoms with van der Waals surface area (Å²) in [5.41, 5.74) is -1.20. The van der Waals surface area contributed by atoms with E-state index < -0.39 is 28.9 Å². The third kappa shape index (κ3) is 4.51. The summed E-state index contributed by atoms with van der Waals surface area (Å²) in [6, 6.07) is 3.03. The van der Waals surface area contributed by atoms with Gasteiger partial charge < -0.3 is 10.6 Å². The second kappa shape index (κ2) is 7.15. The highest BCUT2D eigenvalue weighted by atomic mass is 19.2. The molecule has 0 saturated heterocycles. The highest BCUT2D eigenvalue weighted by Crippen LogP contribution is 2.20. The molecule has 0 fully saturated rings. The van der Waals surface area contributed by atoms with Crippen LogP contribution in [0.2, 0.25) is 0 Å². The highest BCUT2D eigenvalue weighted by Gasteiger charge is 2.35. The molecule has 6 heteroatoms. The summed E-state index contributed by atoms with van der Waals surface area (Å²) < 4.78 is 25.9. The molecule has 0 aromatic heterocycles. The topological polar surface area (TPSA) is 58.2 Å². The second-order valence-corrected chi connectivity index (χ2v) is 5.32. The third-order valence-corrected chi connectivity index (χ3v) is 3.13. The van der Waals surface area contributed by atoms with Crippen molar-refractivity contribution in [2.75, 3.05) is 11.9 Å². The van der Waals surface area contributed by atoms with Crippen molar-refractivity contribution in [3.05, 3.63) is 29.8 Å². The van der Waals surface area contributed by atoms with Crippen LogP contribution in [-0.2, 0) is 9.59 Å². The lowest BCUT2D eigenvalue weighted by molar-refractivity contribution is -0.138. The molecule has 0 aliphatic rings. The molecule has 1 aromatic rings. The van der Waals surface area contributed by atoms with Crippen molar-refractivity contribution in [3.8, 4) is 0 Å². The zero-order chi connectivity index (χ0) is 16.0. The average Bonchev–Trinajstić information content (AvgIpc) is 2.43. The lowest BCUT2D eigenvalue weighted by Gasteiger charge is -2.22. The normalized spacial score (nSPS) is 11.1. The molecule has 0 aliphatic carbocycles. The molecule has 116 valence electrons. The van der Waals surface area contributed by atoms with Crippen molar-refractivity contribution in [3.63, 3.8) is 0 Å². The zero-order valence-corrected chi connectivity index (χ0v) is 12.4. The van der Waals surface area contributed by atoms with E-state index in [1.807, 2.05) is 6.92 Å². The summed E-state index contributed by atoms with van der Waals surface area (Å²) in [4.78, 5) is 24.1. The molecule has 0 atom stereocenters. The number of anilines is 1. The quantitative estimate of drug-likeness (QED) is 0.627. The van der Waals surface area contributed by atoms with Crippen LogP contribution in [0.15, 0.2) is 18.2 Å². The summed E-state index contributed by atoms with van der Waals surface area (Å²) in [6.07, 6.45) is 1.76. The maximum Gasteiger partial charge on any atom is 0.239 e. The van der Waals surface area contributed by atoms with Crippen LogP contribution in [0.3, 0.4) is 0 Å². The standard InChI is InChI=1S/C15H20F2N2O2/c1-4-5-8-18-13(20)15(2,3)14(21)19-10-6-7-11(16)12(17)9-10/h6-7,9H,4-5,8H2,1-3H3,(H,18,20)(H,19,21). The Labute approximate surface area is 122 Å². The lowest BCUT2D eigenvalue weighted by atomic mass is 9.91. The van der Waals surface area contributed by atoms with E-state index in [4.69, 9.17) is 0 Å².